The monoisotopic (exact) mass is 430 g/mol. The normalized spacial score (nSPS) is 13.4. The van der Waals surface area contributed by atoms with Crippen molar-refractivity contribution in [2.45, 2.75) is 13.1 Å². The highest BCUT2D eigenvalue weighted by molar-refractivity contribution is 5.86. The predicted molar refractivity (Wildman–Crippen MR) is 120 cm³/mol. The van der Waals surface area contributed by atoms with E-state index >= 15 is 0 Å². The van der Waals surface area contributed by atoms with Crippen molar-refractivity contribution in [3.63, 3.8) is 0 Å². The molecule has 0 atom stereocenters. The highest BCUT2D eigenvalue weighted by Gasteiger charge is 2.23. The molecule has 2 aromatic carbocycles. The minimum absolute atomic E-state index is 0.108. The van der Waals surface area contributed by atoms with Crippen LogP contribution in [0.25, 0.3) is 22.1 Å². The molecule has 7 heteroatoms. The first kappa shape index (κ1) is 20.1. The molecule has 3 heterocycles. The van der Waals surface area contributed by atoms with Gasteiger partial charge in [-0.1, -0.05) is 12.1 Å². The maximum atomic E-state index is 13.3. The van der Waals surface area contributed by atoms with E-state index in [9.17, 15) is 4.79 Å². The highest BCUT2D eigenvalue weighted by atomic mass is 16.5. The van der Waals surface area contributed by atoms with Gasteiger partial charge in [0.25, 0.3) is 0 Å². The molecule has 1 aliphatic rings. The van der Waals surface area contributed by atoms with Gasteiger partial charge in [0.05, 0.1) is 36.4 Å². The van der Waals surface area contributed by atoms with Gasteiger partial charge in [0.1, 0.15) is 24.3 Å². The first-order valence-corrected chi connectivity index (χ1v) is 10.2. The molecule has 0 aliphatic carbocycles. The Morgan fingerprint density at radius 2 is 1.94 bits per heavy atom. The highest BCUT2D eigenvalue weighted by Crippen LogP contribution is 2.35. The average Bonchev–Trinajstić information content (AvgIpc) is 2.84. The van der Waals surface area contributed by atoms with E-state index in [-0.39, 0.29) is 5.43 Å². The van der Waals surface area contributed by atoms with E-state index in [2.05, 4.69) is 9.88 Å². The van der Waals surface area contributed by atoms with Crippen molar-refractivity contribution in [2.24, 2.45) is 0 Å². The molecule has 7 nitrogen and oxygen atoms in total. The number of hydrogen-bond donors (Lipinski definition) is 0. The number of methoxy groups -OCH3 is 2. The number of pyridine rings is 1. The molecular weight excluding hydrogens is 408 g/mol. The van der Waals surface area contributed by atoms with Crippen LogP contribution >= 0.6 is 0 Å². The number of nitrogens with zero attached hydrogens (tertiary/aromatic N) is 2. The third kappa shape index (κ3) is 3.56. The summed E-state index contributed by atoms with van der Waals surface area (Å²) < 4.78 is 22.6. The molecule has 0 amide bonds. The van der Waals surface area contributed by atoms with Gasteiger partial charge in [-0.2, -0.15) is 0 Å². The Morgan fingerprint density at radius 3 is 2.72 bits per heavy atom. The van der Waals surface area contributed by atoms with Crippen molar-refractivity contribution in [3.05, 3.63) is 82.5 Å². The van der Waals surface area contributed by atoms with E-state index in [1.165, 1.54) is 6.26 Å². The predicted octanol–water partition coefficient (Wildman–Crippen LogP) is 4.22. The largest absolute Gasteiger partial charge is 0.493 e. The van der Waals surface area contributed by atoms with E-state index in [0.29, 0.717) is 53.4 Å². The second-order valence-electron chi connectivity index (χ2n) is 7.55. The molecule has 0 unspecified atom stereocenters. The van der Waals surface area contributed by atoms with Crippen LogP contribution in [0.15, 0.2) is 70.2 Å². The molecule has 4 aromatic rings. The zero-order chi connectivity index (χ0) is 22.1. The van der Waals surface area contributed by atoms with Crippen LogP contribution in [-0.4, -0.2) is 30.8 Å². The molecule has 0 saturated carbocycles. The molecule has 0 bridgehead atoms. The molecule has 162 valence electrons. The molecule has 0 radical (unpaired) electrons. The molecule has 0 saturated heterocycles. The summed E-state index contributed by atoms with van der Waals surface area (Å²) in [6.07, 6.45) is 3.28. The second kappa shape index (κ2) is 8.36. The van der Waals surface area contributed by atoms with Crippen molar-refractivity contribution < 1.29 is 18.6 Å². The number of rotatable bonds is 5. The molecule has 0 N–H and O–H groups in total. The SMILES string of the molecule is COc1ccc(-c2coc3c4c(ccc3c2=O)OCN(Cc2ccccn2)C4)cc1OC. The van der Waals surface area contributed by atoms with E-state index in [1.807, 2.05) is 30.3 Å². The Bertz CT molecular complexity index is 1330. The first-order chi connectivity index (χ1) is 15.7. The molecule has 2 aromatic heterocycles. The van der Waals surface area contributed by atoms with Gasteiger partial charge in [0, 0.05) is 19.3 Å². The summed E-state index contributed by atoms with van der Waals surface area (Å²) >= 11 is 0. The lowest BCUT2D eigenvalue weighted by molar-refractivity contribution is 0.0879. The average molecular weight is 430 g/mol. The van der Waals surface area contributed by atoms with Crippen molar-refractivity contribution >= 4 is 11.0 Å². The van der Waals surface area contributed by atoms with E-state index in [4.69, 9.17) is 18.6 Å². The fourth-order valence-corrected chi connectivity index (χ4v) is 3.98. The van der Waals surface area contributed by atoms with Gasteiger partial charge in [-0.3, -0.25) is 14.7 Å². The Labute approximate surface area is 184 Å². The van der Waals surface area contributed by atoms with Crippen LogP contribution < -0.4 is 19.6 Å². The van der Waals surface area contributed by atoms with Crippen LogP contribution in [0.5, 0.6) is 17.2 Å². The minimum atomic E-state index is -0.108. The summed E-state index contributed by atoms with van der Waals surface area (Å²) in [4.78, 5) is 19.8. The number of aromatic nitrogens is 1. The van der Waals surface area contributed by atoms with Crippen LogP contribution in [0, 0.1) is 0 Å². The summed E-state index contributed by atoms with van der Waals surface area (Å²) in [6.45, 7) is 1.69. The fourth-order valence-electron chi connectivity index (χ4n) is 3.98. The van der Waals surface area contributed by atoms with Crippen molar-refractivity contribution in [3.8, 4) is 28.4 Å². The standard InChI is InChI=1S/C25H22N2O5/c1-29-22-8-6-16(11-23(22)30-2)20-14-31-25-18(24(20)28)7-9-21-19(25)13-27(15-32-21)12-17-5-3-4-10-26-17/h3-11,14H,12-13,15H2,1-2H3. The Hall–Kier alpha value is -3.84. The number of benzene rings is 2. The first-order valence-electron chi connectivity index (χ1n) is 10.2. The Kier molecular flexibility index (Phi) is 5.25. The second-order valence-corrected chi connectivity index (χ2v) is 7.55. The van der Waals surface area contributed by atoms with Crippen molar-refractivity contribution in [1.29, 1.82) is 0 Å². The van der Waals surface area contributed by atoms with Gasteiger partial charge in [-0.05, 0) is 42.0 Å². The lowest BCUT2D eigenvalue weighted by atomic mass is 10.0. The minimum Gasteiger partial charge on any atom is -0.493 e. The number of ether oxygens (including phenoxy) is 3. The van der Waals surface area contributed by atoms with Gasteiger partial charge in [-0.15, -0.1) is 0 Å². The van der Waals surface area contributed by atoms with Crippen molar-refractivity contribution in [2.75, 3.05) is 21.0 Å². The van der Waals surface area contributed by atoms with Gasteiger partial charge in [0.15, 0.2) is 11.5 Å². The van der Waals surface area contributed by atoms with Crippen LogP contribution in [0.3, 0.4) is 0 Å². The van der Waals surface area contributed by atoms with E-state index < -0.39 is 0 Å². The quantitative estimate of drug-likeness (QED) is 0.469. The Morgan fingerprint density at radius 1 is 1.06 bits per heavy atom. The zero-order valence-electron chi connectivity index (χ0n) is 17.8. The molecule has 0 spiro atoms. The van der Waals surface area contributed by atoms with Crippen LogP contribution in [0.2, 0.25) is 0 Å². The van der Waals surface area contributed by atoms with Crippen LogP contribution in [0.4, 0.5) is 0 Å². The van der Waals surface area contributed by atoms with Crippen LogP contribution in [0.1, 0.15) is 11.3 Å². The van der Waals surface area contributed by atoms with Gasteiger partial charge >= 0.3 is 0 Å². The maximum absolute atomic E-state index is 13.3. The summed E-state index contributed by atoms with van der Waals surface area (Å²) in [5, 5.41) is 0.513. The van der Waals surface area contributed by atoms with Crippen molar-refractivity contribution in [1.82, 2.24) is 9.88 Å². The summed E-state index contributed by atoms with van der Waals surface area (Å²) in [7, 11) is 3.14. The smallest absolute Gasteiger partial charge is 0.200 e. The lowest BCUT2D eigenvalue weighted by Crippen LogP contribution is -2.32. The summed E-state index contributed by atoms with van der Waals surface area (Å²) in [5.41, 5.74) is 3.41. The Balaban J connectivity index is 1.53. The summed E-state index contributed by atoms with van der Waals surface area (Å²) in [6, 6.07) is 14.8. The maximum Gasteiger partial charge on any atom is 0.200 e. The third-order valence-corrected chi connectivity index (χ3v) is 5.59. The number of hydrogen-bond acceptors (Lipinski definition) is 7. The molecule has 5 rings (SSSR count). The zero-order valence-corrected chi connectivity index (χ0v) is 17.8. The lowest BCUT2D eigenvalue weighted by Gasteiger charge is -2.29. The molecule has 1 aliphatic heterocycles. The van der Waals surface area contributed by atoms with Gasteiger partial charge in [0.2, 0.25) is 5.43 Å². The van der Waals surface area contributed by atoms with E-state index in [0.717, 1.165) is 17.0 Å². The van der Waals surface area contributed by atoms with Gasteiger partial charge < -0.3 is 18.6 Å². The molecular formula is C25H22N2O5. The summed E-state index contributed by atoms with van der Waals surface area (Å²) in [5.74, 6) is 1.88. The topological polar surface area (TPSA) is 74.0 Å². The fraction of sp³-hybridized carbons (Fsp3) is 0.200. The molecule has 32 heavy (non-hydrogen) atoms. The molecule has 0 fully saturated rings. The number of fused-ring (bicyclic) bond motifs is 3. The van der Waals surface area contributed by atoms with E-state index in [1.54, 1.807) is 38.6 Å². The van der Waals surface area contributed by atoms with Gasteiger partial charge in [-0.25, -0.2) is 0 Å². The third-order valence-electron chi connectivity index (χ3n) is 5.59. The van der Waals surface area contributed by atoms with Crippen LogP contribution in [-0.2, 0) is 13.1 Å².